The van der Waals surface area contributed by atoms with Gasteiger partial charge in [-0.3, -0.25) is 9.78 Å². The van der Waals surface area contributed by atoms with Gasteiger partial charge in [0.05, 0.1) is 23.4 Å². The average Bonchev–Trinajstić information content (AvgIpc) is 3.14. The molecule has 8 nitrogen and oxygen atoms in total. The standard InChI is InChI=1S/C25H25ClN4O4S/c1-34-20-14-28(15-20)35(32,33)29-13-18-6-7-19(26)10-22(18)25(16-29)8-9-30(24(25)31)23-12-27-11-17-4-2-3-5-21(17)23/h2-7,10-12,20H,8-9,13-16H2,1H3. The minimum atomic E-state index is -3.75. The maximum Gasteiger partial charge on any atom is 0.282 e. The van der Waals surface area contributed by atoms with Crippen LogP contribution in [0, 0.1) is 0 Å². The molecule has 2 fully saturated rings. The molecule has 182 valence electrons. The number of ether oxygens (including phenoxy) is 1. The van der Waals surface area contributed by atoms with Crippen molar-refractivity contribution in [2.45, 2.75) is 24.5 Å². The van der Waals surface area contributed by atoms with Crippen molar-refractivity contribution >= 4 is 44.2 Å². The summed E-state index contributed by atoms with van der Waals surface area (Å²) >= 11 is 6.37. The second-order valence-corrected chi connectivity index (χ2v) is 11.8. The molecule has 1 atom stereocenters. The number of anilines is 1. The fourth-order valence-electron chi connectivity index (χ4n) is 5.54. The van der Waals surface area contributed by atoms with Crippen molar-refractivity contribution < 1.29 is 17.9 Å². The summed E-state index contributed by atoms with van der Waals surface area (Å²) in [7, 11) is -2.17. The summed E-state index contributed by atoms with van der Waals surface area (Å²) in [6.07, 6.45) is 3.87. The smallest absolute Gasteiger partial charge is 0.282 e. The zero-order valence-electron chi connectivity index (χ0n) is 19.2. The lowest BCUT2D eigenvalue weighted by Gasteiger charge is -2.44. The van der Waals surface area contributed by atoms with E-state index in [0.717, 1.165) is 27.6 Å². The van der Waals surface area contributed by atoms with E-state index in [1.165, 1.54) is 8.61 Å². The van der Waals surface area contributed by atoms with E-state index in [9.17, 15) is 13.2 Å². The number of amides is 1. The van der Waals surface area contributed by atoms with Gasteiger partial charge in [-0.1, -0.05) is 41.9 Å². The lowest BCUT2D eigenvalue weighted by atomic mass is 9.74. The normalized spacial score (nSPS) is 23.7. The summed E-state index contributed by atoms with van der Waals surface area (Å²) < 4.78 is 35.2. The van der Waals surface area contributed by atoms with Gasteiger partial charge in [0.1, 0.15) is 0 Å². The van der Waals surface area contributed by atoms with Crippen LogP contribution in [0.15, 0.2) is 54.9 Å². The molecule has 0 bridgehead atoms. The number of aromatic nitrogens is 1. The van der Waals surface area contributed by atoms with E-state index in [4.69, 9.17) is 16.3 Å². The number of benzene rings is 2. The van der Waals surface area contributed by atoms with Crippen LogP contribution in [-0.4, -0.2) is 67.3 Å². The minimum Gasteiger partial charge on any atom is -0.379 e. The first-order chi connectivity index (χ1) is 16.8. The summed E-state index contributed by atoms with van der Waals surface area (Å²) in [5, 5.41) is 2.41. The summed E-state index contributed by atoms with van der Waals surface area (Å²) in [4.78, 5) is 20.3. The van der Waals surface area contributed by atoms with Crippen molar-refractivity contribution in [3.63, 3.8) is 0 Å². The Labute approximate surface area is 209 Å². The van der Waals surface area contributed by atoms with Gasteiger partial charge in [0.25, 0.3) is 10.2 Å². The van der Waals surface area contributed by atoms with Crippen LogP contribution in [0.5, 0.6) is 0 Å². The van der Waals surface area contributed by atoms with Gasteiger partial charge in [-0.25, -0.2) is 0 Å². The highest BCUT2D eigenvalue weighted by Crippen LogP contribution is 2.46. The summed E-state index contributed by atoms with van der Waals surface area (Å²) in [6.45, 7) is 1.37. The molecule has 1 aromatic heterocycles. The SMILES string of the molecule is COC1CN(S(=O)(=O)N2Cc3ccc(Cl)cc3C3(CCN(c4cncc5ccccc45)C3=O)C2)C1. The Morgan fingerprint density at radius 3 is 2.71 bits per heavy atom. The van der Waals surface area contributed by atoms with Crippen LogP contribution in [0.25, 0.3) is 10.8 Å². The molecule has 0 aliphatic carbocycles. The number of nitrogens with zero attached hydrogens (tertiary/aromatic N) is 4. The molecule has 4 heterocycles. The second-order valence-electron chi connectivity index (χ2n) is 9.42. The fraction of sp³-hybridized carbons (Fsp3) is 0.360. The van der Waals surface area contributed by atoms with Crippen molar-refractivity contribution in [1.82, 2.24) is 13.6 Å². The predicted molar refractivity (Wildman–Crippen MR) is 134 cm³/mol. The largest absolute Gasteiger partial charge is 0.379 e. The van der Waals surface area contributed by atoms with E-state index < -0.39 is 15.6 Å². The zero-order chi connectivity index (χ0) is 24.4. The lowest BCUT2D eigenvalue weighted by molar-refractivity contribution is -0.122. The third-order valence-electron chi connectivity index (χ3n) is 7.54. The second kappa shape index (κ2) is 8.25. The molecule has 1 unspecified atom stereocenters. The summed E-state index contributed by atoms with van der Waals surface area (Å²) in [6, 6.07) is 13.2. The summed E-state index contributed by atoms with van der Waals surface area (Å²) in [5.74, 6) is -0.127. The van der Waals surface area contributed by atoms with Crippen LogP contribution in [-0.2, 0) is 31.7 Å². The first-order valence-electron chi connectivity index (χ1n) is 11.6. The number of carbonyl (C=O) groups excluding carboxylic acids is 1. The lowest BCUT2D eigenvalue weighted by Crippen LogP contribution is -2.61. The van der Waals surface area contributed by atoms with E-state index in [-0.39, 0.29) is 25.1 Å². The molecule has 6 rings (SSSR count). The Kier molecular flexibility index (Phi) is 5.39. The van der Waals surface area contributed by atoms with Crippen molar-refractivity contribution in [2.24, 2.45) is 0 Å². The number of pyridine rings is 1. The Bertz CT molecular complexity index is 1440. The molecule has 35 heavy (non-hydrogen) atoms. The fourth-order valence-corrected chi connectivity index (χ4v) is 7.43. The number of fused-ring (bicyclic) bond motifs is 3. The van der Waals surface area contributed by atoms with E-state index in [2.05, 4.69) is 4.98 Å². The van der Waals surface area contributed by atoms with E-state index in [1.54, 1.807) is 30.5 Å². The van der Waals surface area contributed by atoms with Gasteiger partial charge in [-0.15, -0.1) is 0 Å². The van der Waals surface area contributed by atoms with Crippen LogP contribution >= 0.6 is 11.6 Å². The van der Waals surface area contributed by atoms with Crippen molar-refractivity contribution in [3.8, 4) is 0 Å². The molecule has 0 radical (unpaired) electrons. The molecule has 3 aliphatic heterocycles. The predicted octanol–water partition coefficient (Wildman–Crippen LogP) is 2.95. The summed E-state index contributed by atoms with van der Waals surface area (Å²) in [5.41, 5.74) is 1.34. The Morgan fingerprint density at radius 1 is 1.11 bits per heavy atom. The van der Waals surface area contributed by atoms with Crippen LogP contribution < -0.4 is 4.90 Å². The number of carbonyl (C=O) groups is 1. The maximum absolute atomic E-state index is 14.2. The first kappa shape index (κ1) is 22.9. The average molecular weight is 513 g/mol. The maximum atomic E-state index is 14.2. The van der Waals surface area contributed by atoms with E-state index >= 15 is 0 Å². The number of hydrogen-bond acceptors (Lipinski definition) is 5. The molecule has 0 saturated carbocycles. The van der Waals surface area contributed by atoms with Gasteiger partial charge >= 0.3 is 0 Å². The molecule has 1 spiro atoms. The van der Waals surface area contributed by atoms with Crippen LogP contribution in [0.3, 0.4) is 0 Å². The molecule has 3 aliphatic rings. The van der Waals surface area contributed by atoms with Gasteiger partial charge in [0.2, 0.25) is 5.91 Å². The molecular weight excluding hydrogens is 488 g/mol. The Balaban J connectivity index is 1.42. The molecule has 1 amide bonds. The van der Waals surface area contributed by atoms with Crippen LogP contribution in [0.2, 0.25) is 5.02 Å². The topological polar surface area (TPSA) is 83.1 Å². The van der Waals surface area contributed by atoms with Crippen molar-refractivity contribution in [2.75, 3.05) is 38.2 Å². The highest BCUT2D eigenvalue weighted by Gasteiger charge is 2.55. The molecule has 2 saturated heterocycles. The van der Waals surface area contributed by atoms with E-state index in [0.29, 0.717) is 31.1 Å². The van der Waals surface area contributed by atoms with Gasteiger partial charge in [-0.05, 0) is 29.7 Å². The Morgan fingerprint density at radius 2 is 1.91 bits per heavy atom. The molecule has 3 aromatic rings. The molecule has 10 heteroatoms. The van der Waals surface area contributed by atoms with Crippen molar-refractivity contribution in [3.05, 3.63) is 71.0 Å². The van der Waals surface area contributed by atoms with Crippen LogP contribution in [0.1, 0.15) is 17.5 Å². The number of halogens is 1. The highest BCUT2D eigenvalue weighted by molar-refractivity contribution is 7.86. The number of methoxy groups -OCH3 is 1. The number of hydrogen-bond donors (Lipinski definition) is 0. The quantitative estimate of drug-likeness (QED) is 0.537. The number of rotatable bonds is 4. The molecule has 0 N–H and O–H groups in total. The first-order valence-corrected chi connectivity index (χ1v) is 13.3. The monoisotopic (exact) mass is 512 g/mol. The highest BCUT2D eigenvalue weighted by atomic mass is 35.5. The van der Waals surface area contributed by atoms with Gasteiger partial charge < -0.3 is 9.64 Å². The Hall–Kier alpha value is -2.56. The van der Waals surface area contributed by atoms with Crippen molar-refractivity contribution in [1.29, 1.82) is 0 Å². The third-order valence-corrected chi connectivity index (χ3v) is 9.63. The van der Waals surface area contributed by atoms with Gasteiger partial charge in [0, 0.05) is 61.8 Å². The minimum absolute atomic E-state index is 0.0738. The van der Waals surface area contributed by atoms with Crippen LogP contribution in [0.4, 0.5) is 5.69 Å². The zero-order valence-corrected chi connectivity index (χ0v) is 20.8. The van der Waals surface area contributed by atoms with Gasteiger partial charge in [0.15, 0.2) is 0 Å². The molecular formula is C25H25ClN4O4S. The van der Waals surface area contributed by atoms with E-state index in [1.807, 2.05) is 36.4 Å². The van der Waals surface area contributed by atoms with Gasteiger partial charge in [-0.2, -0.15) is 17.0 Å². The third kappa shape index (κ3) is 3.48. The molecule has 2 aromatic carbocycles.